The van der Waals surface area contributed by atoms with Gasteiger partial charge in [0.1, 0.15) is 16.9 Å². The van der Waals surface area contributed by atoms with E-state index in [1.54, 1.807) is 18.4 Å². The van der Waals surface area contributed by atoms with Gasteiger partial charge in [-0.05, 0) is 19.1 Å². The third-order valence-electron chi connectivity index (χ3n) is 4.65. The fraction of sp³-hybridized carbons (Fsp3) is 0.227. The molecule has 1 atom stereocenters. The van der Waals surface area contributed by atoms with Gasteiger partial charge in [-0.15, -0.1) is 11.3 Å². The van der Waals surface area contributed by atoms with E-state index in [1.165, 1.54) is 0 Å². The van der Waals surface area contributed by atoms with Gasteiger partial charge in [0.25, 0.3) is 0 Å². The molecule has 2 heterocycles. The molecule has 0 N–H and O–H groups in total. The van der Waals surface area contributed by atoms with E-state index in [9.17, 15) is 0 Å². The van der Waals surface area contributed by atoms with Gasteiger partial charge < -0.3 is 9.64 Å². The predicted octanol–water partition coefficient (Wildman–Crippen LogP) is 5.10. The normalized spacial score (nSPS) is 12.2. The average Bonchev–Trinajstić information content (AvgIpc) is 3.21. The lowest BCUT2D eigenvalue weighted by molar-refractivity contribution is 0.119. The standard InChI is InChI=1S/C22H22N4OS/c1-15(27-3)22-23-17(14-28-22)13-26(2)21-18-11-7-8-12-19(18)24-20(25-21)16-9-5-4-6-10-16/h4-12,14-15H,13H2,1-3H3. The topological polar surface area (TPSA) is 51.1 Å². The van der Waals surface area contributed by atoms with Gasteiger partial charge in [-0.1, -0.05) is 42.5 Å². The van der Waals surface area contributed by atoms with Gasteiger partial charge in [-0.25, -0.2) is 15.0 Å². The number of ether oxygens (including phenoxy) is 1. The number of hydrogen-bond donors (Lipinski definition) is 0. The van der Waals surface area contributed by atoms with Crippen molar-refractivity contribution in [3.8, 4) is 11.4 Å². The molecule has 2 aromatic heterocycles. The highest BCUT2D eigenvalue weighted by Crippen LogP contribution is 2.28. The third-order valence-corrected chi connectivity index (χ3v) is 5.70. The first-order valence-electron chi connectivity index (χ1n) is 9.16. The molecular formula is C22H22N4OS. The molecule has 4 rings (SSSR count). The van der Waals surface area contributed by atoms with Crippen LogP contribution in [-0.2, 0) is 11.3 Å². The van der Waals surface area contributed by atoms with Crippen molar-refractivity contribution < 1.29 is 4.74 Å². The van der Waals surface area contributed by atoms with Crippen LogP contribution in [0.25, 0.3) is 22.3 Å². The summed E-state index contributed by atoms with van der Waals surface area (Å²) >= 11 is 1.63. The molecule has 0 saturated heterocycles. The monoisotopic (exact) mass is 390 g/mol. The number of nitrogens with zero attached hydrogens (tertiary/aromatic N) is 4. The summed E-state index contributed by atoms with van der Waals surface area (Å²) in [5.74, 6) is 1.63. The highest BCUT2D eigenvalue weighted by atomic mass is 32.1. The number of thiazole rings is 1. The number of rotatable bonds is 6. The second-order valence-corrected chi connectivity index (χ2v) is 7.55. The quantitative estimate of drug-likeness (QED) is 0.459. The van der Waals surface area contributed by atoms with Gasteiger partial charge >= 0.3 is 0 Å². The molecular weight excluding hydrogens is 368 g/mol. The summed E-state index contributed by atoms with van der Waals surface area (Å²) in [6, 6.07) is 18.2. The fourth-order valence-electron chi connectivity index (χ4n) is 3.07. The number of methoxy groups -OCH3 is 1. The SMILES string of the molecule is COC(C)c1nc(CN(C)c2nc(-c3ccccc3)nc3ccccc23)cs1. The van der Waals surface area contributed by atoms with Gasteiger partial charge in [-0.3, -0.25) is 0 Å². The number of aromatic nitrogens is 3. The first kappa shape index (κ1) is 18.5. The minimum absolute atomic E-state index is 0.00798. The van der Waals surface area contributed by atoms with Gasteiger partial charge in [0, 0.05) is 30.5 Å². The zero-order chi connectivity index (χ0) is 19.5. The molecule has 142 valence electrons. The Balaban J connectivity index is 1.71. The number of hydrogen-bond acceptors (Lipinski definition) is 6. The van der Waals surface area contributed by atoms with Crippen molar-refractivity contribution in [2.75, 3.05) is 19.1 Å². The van der Waals surface area contributed by atoms with Crippen LogP contribution in [0.3, 0.4) is 0 Å². The second kappa shape index (κ2) is 8.04. The van der Waals surface area contributed by atoms with Gasteiger partial charge in [0.05, 0.1) is 17.8 Å². The maximum atomic E-state index is 5.38. The molecule has 0 radical (unpaired) electrons. The van der Waals surface area contributed by atoms with E-state index in [0.717, 1.165) is 38.8 Å². The zero-order valence-electron chi connectivity index (χ0n) is 16.2. The lowest BCUT2D eigenvalue weighted by Gasteiger charge is -2.20. The third kappa shape index (κ3) is 3.74. The molecule has 0 aliphatic carbocycles. The molecule has 0 aliphatic rings. The minimum Gasteiger partial charge on any atom is -0.375 e. The summed E-state index contributed by atoms with van der Waals surface area (Å²) < 4.78 is 5.38. The summed E-state index contributed by atoms with van der Waals surface area (Å²) in [6.45, 7) is 2.68. The lowest BCUT2D eigenvalue weighted by Crippen LogP contribution is -2.19. The molecule has 0 amide bonds. The Labute approximate surface area is 168 Å². The van der Waals surface area contributed by atoms with E-state index >= 15 is 0 Å². The maximum absolute atomic E-state index is 5.38. The molecule has 6 heteroatoms. The van der Waals surface area contributed by atoms with Crippen LogP contribution in [0, 0.1) is 0 Å². The minimum atomic E-state index is 0.00798. The van der Waals surface area contributed by atoms with Crippen molar-refractivity contribution >= 4 is 28.1 Å². The highest BCUT2D eigenvalue weighted by molar-refractivity contribution is 7.09. The summed E-state index contributed by atoms with van der Waals surface area (Å²) in [6.07, 6.45) is 0.00798. The number of anilines is 1. The van der Waals surface area contributed by atoms with Crippen LogP contribution in [0.2, 0.25) is 0 Å². The van der Waals surface area contributed by atoms with E-state index < -0.39 is 0 Å². The lowest BCUT2D eigenvalue weighted by atomic mass is 10.1. The Morgan fingerprint density at radius 1 is 1.00 bits per heavy atom. The van der Waals surface area contributed by atoms with Crippen molar-refractivity contribution in [2.45, 2.75) is 19.6 Å². The van der Waals surface area contributed by atoms with Crippen LogP contribution < -0.4 is 4.90 Å². The predicted molar refractivity (Wildman–Crippen MR) is 115 cm³/mol. The average molecular weight is 391 g/mol. The Bertz CT molecular complexity index is 1080. The molecule has 1 unspecified atom stereocenters. The molecule has 0 aliphatic heterocycles. The van der Waals surface area contributed by atoms with E-state index in [2.05, 4.69) is 16.3 Å². The van der Waals surface area contributed by atoms with E-state index in [1.807, 2.05) is 62.5 Å². The van der Waals surface area contributed by atoms with Gasteiger partial charge in [0.2, 0.25) is 0 Å². The molecule has 5 nitrogen and oxygen atoms in total. The molecule has 28 heavy (non-hydrogen) atoms. The number of fused-ring (bicyclic) bond motifs is 1. The Morgan fingerprint density at radius 3 is 2.54 bits per heavy atom. The summed E-state index contributed by atoms with van der Waals surface area (Å²) in [5, 5.41) is 4.11. The molecule has 2 aromatic carbocycles. The molecule has 4 aromatic rings. The smallest absolute Gasteiger partial charge is 0.162 e. The summed E-state index contributed by atoms with van der Waals surface area (Å²) in [5.41, 5.74) is 2.95. The Hall–Kier alpha value is -2.83. The van der Waals surface area contributed by atoms with Crippen molar-refractivity contribution in [3.05, 3.63) is 70.7 Å². The van der Waals surface area contributed by atoms with Crippen LogP contribution in [0.1, 0.15) is 23.7 Å². The zero-order valence-corrected chi connectivity index (χ0v) is 17.0. The van der Waals surface area contributed by atoms with E-state index in [4.69, 9.17) is 19.7 Å². The van der Waals surface area contributed by atoms with Crippen LogP contribution in [0.5, 0.6) is 0 Å². The summed E-state index contributed by atoms with van der Waals surface area (Å²) in [7, 11) is 3.75. The maximum Gasteiger partial charge on any atom is 0.162 e. The summed E-state index contributed by atoms with van der Waals surface area (Å²) in [4.78, 5) is 16.5. The van der Waals surface area contributed by atoms with Crippen molar-refractivity contribution in [3.63, 3.8) is 0 Å². The highest BCUT2D eigenvalue weighted by Gasteiger charge is 2.15. The number of benzene rings is 2. The van der Waals surface area contributed by atoms with Crippen molar-refractivity contribution in [1.29, 1.82) is 0 Å². The fourth-order valence-corrected chi connectivity index (χ4v) is 3.91. The first-order valence-corrected chi connectivity index (χ1v) is 10.0. The second-order valence-electron chi connectivity index (χ2n) is 6.67. The largest absolute Gasteiger partial charge is 0.375 e. The van der Waals surface area contributed by atoms with Gasteiger partial charge in [0.15, 0.2) is 5.82 Å². The molecule has 0 spiro atoms. The van der Waals surface area contributed by atoms with Crippen LogP contribution in [0.15, 0.2) is 60.0 Å². The van der Waals surface area contributed by atoms with Crippen LogP contribution >= 0.6 is 11.3 Å². The van der Waals surface area contributed by atoms with E-state index in [-0.39, 0.29) is 6.10 Å². The van der Waals surface area contributed by atoms with Crippen LogP contribution in [-0.4, -0.2) is 29.1 Å². The Morgan fingerprint density at radius 2 is 1.75 bits per heavy atom. The first-order chi connectivity index (χ1) is 13.7. The van der Waals surface area contributed by atoms with E-state index in [0.29, 0.717) is 6.54 Å². The number of para-hydroxylation sites is 1. The molecule has 0 saturated carbocycles. The van der Waals surface area contributed by atoms with Crippen molar-refractivity contribution in [2.24, 2.45) is 0 Å². The molecule has 0 bridgehead atoms. The van der Waals surface area contributed by atoms with Crippen molar-refractivity contribution in [1.82, 2.24) is 15.0 Å². The van der Waals surface area contributed by atoms with Gasteiger partial charge in [-0.2, -0.15) is 0 Å². The Kier molecular flexibility index (Phi) is 5.32. The van der Waals surface area contributed by atoms with Crippen LogP contribution in [0.4, 0.5) is 5.82 Å². The molecule has 0 fully saturated rings.